The lowest BCUT2D eigenvalue weighted by Crippen LogP contribution is -2.28. The Morgan fingerprint density at radius 1 is 0.950 bits per heavy atom. The second kappa shape index (κ2) is 11.3. The Morgan fingerprint density at radius 3 is 2.38 bits per heavy atom. The van der Waals surface area contributed by atoms with Gasteiger partial charge in [0.1, 0.15) is 17.1 Å². The molecular formula is C31H27F3O6. The smallest absolute Gasteiger partial charge is 0.416 e. The van der Waals surface area contributed by atoms with E-state index in [1.807, 2.05) is 26.0 Å². The van der Waals surface area contributed by atoms with Crippen molar-refractivity contribution >= 4 is 23.9 Å². The Labute approximate surface area is 229 Å². The van der Waals surface area contributed by atoms with Crippen molar-refractivity contribution in [3.8, 4) is 23.0 Å². The van der Waals surface area contributed by atoms with E-state index in [-0.39, 0.29) is 29.3 Å². The van der Waals surface area contributed by atoms with Crippen molar-refractivity contribution in [1.29, 1.82) is 0 Å². The van der Waals surface area contributed by atoms with Crippen LogP contribution in [0.4, 0.5) is 13.2 Å². The van der Waals surface area contributed by atoms with Gasteiger partial charge in [-0.25, -0.2) is 0 Å². The van der Waals surface area contributed by atoms with Gasteiger partial charge >= 0.3 is 12.1 Å². The number of halogens is 3. The highest BCUT2D eigenvalue weighted by Gasteiger charge is 2.31. The first kappa shape index (κ1) is 28.5. The number of esters is 1. The number of hydrogen-bond donors (Lipinski definition) is 0. The molecule has 1 heterocycles. The van der Waals surface area contributed by atoms with E-state index in [0.717, 1.165) is 12.1 Å². The SMILES string of the molecule is COc1ccc(/C=C/C(=O)c2ccc(OC)c3c2OC(C)(C)C=C3)cc1OC(=O)Cc1cccc(C(F)(F)F)c1. The van der Waals surface area contributed by atoms with Crippen molar-refractivity contribution < 1.29 is 41.7 Å². The second-order valence-electron chi connectivity index (χ2n) is 9.55. The summed E-state index contributed by atoms with van der Waals surface area (Å²) in [5, 5.41) is 0. The number of benzene rings is 3. The summed E-state index contributed by atoms with van der Waals surface area (Å²) in [7, 11) is 2.93. The van der Waals surface area contributed by atoms with E-state index in [1.165, 1.54) is 38.5 Å². The third kappa shape index (κ3) is 6.54. The molecule has 9 heteroatoms. The Kier molecular flexibility index (Phi) is 8.04. The third-order valence-corrected chi connectivity index (χ3v) is 6.10. The van der Waals surface area contributed by atoms with Gasteiger partial charge < -0.3 is 18.9 Å². The van der Waals surface area contributed by atoms with Crippen molar-refractivity contribution in [2.75, 3.05) is 14.2 Å². The van der Waals surface area contributed by atoms with E-state index in [4.69, 9.17) is 18.9 Å². The molecule has 0 fully saturated rings. The summed E-state index contributed by atoms with van der Waals surface area (Å²) in [5.74, 6) is 0.213. The van der Waals surface area contributed by atoms with E-state index < -0.39 is 23.3 Å². The molecule has 6 nitrogen and oxygen atoms in total. The molecule has 0 saturated carbocycles. The number of carbonyl (C=O) groups excluding carboxylic acids is 2. The zero-order chi connectivity index (χ0) is 29.1. The predicted octanol–water partition coefficient (Wildman–Crippen LogP) is 6.95. The van der Waals surface area contributed by atoms with Gasteiger partial charge in [-0.15, -0.1) is 0 Å². The summed E-state index contributed by atoms with van der Waals surface area (Å²) in [4.78, 5) is 25.7. The number of alkyl halides is 3. The molecule has 4 rings (SSSR count). The minimum absolute atomic E-state index is 0.0612. The number of ketones is 1. The van der Waals surface area contributed by atoms with Crippen molar-refractivity contribution in [1.82, 2.24) is 0 Å². The first-order chi connectivity index (χ1) is 18.9. The Balaban J connectivity index is 1.54. The molecular weight excluding hydrogens is 525 g/mol. The van der Waals surface area contributed by atoms with Crippen LogP contribution >= 0.6 is 0 Å². The van der Waals surface area contributed by atoms with E-state index >= 15 is 0 Å². The van der Waals surface area contributed by atoms with Crippen molar-refractivity contribution in [3.63, 3.8) is 0 Å². The predicted molar refractivity (Wildman–Crippen MR) is 144 cm³/mol. The normalized spacial score (nSPS) is 13.9. The van der Waals surface area contributed by atoms with Gasteiger partial charge in [-0.2, -0.15) is 13.2 Å². The van der Waals surface area contributed by atoms with Crippen molar-refractivity contribution in [3.05, 3.63) is 94.6 Å². The molecule has 0 saturated heterocycles. The topological polar surface area (TPSA) is 71.1 Å². The number of methoxy groups -OCH3 is 2. The van der Waals surface area contributed by atoms with Crippen molar-refractivity contribution in [2.24, 2.45) is 0 Å². The van der Waals surface area contributed by atoms with Crippen LogP contribution < -0.4 is 18.9 Å². The minimum Gasteiger partial charge on any atom is -0.496 e. The van der Waals surface area contributed by atoms with E-state index in [2.05, 4.69) is 0 Å². The number of hydrogen-bond acceptors (Lipinski definition) is 6. The van der Waals surface area contributed by atoms with E-state index in [1.54, 1.807) is 30.3 Å². The fourth-order valence-corrected chi connectivity index (χ4v) is 4.12. The molecule has 0 atom stereocenters. The van der Waals surface area contributed by atoms with E-state index in [0.29, 0.717) is 28.2 Å². The monoisotopic (exact) mass is 552 g/mol. The molecule has 0 bridgehead atoms. The summed E-state index contributed by atoms with van der Waals surface area (Å²) in [6.07, 6.45) is 1.76. The largest absolute Gasteiger partial charge is 0.496 e. The molecule has 0 spiro atoms. The molecule has 3 aromatic rings. The fourth-order valence-electron chi connectivity index (χ4n) is 4.12. The van der Waals surface area contributed by atoms with Crippen molar-refractivity contribution in [2.45, 2.75) is 32.0 Å². The summed E-state index contributed by atoms with van der Waals surface area (Å²) in [6.45, 7) is 3.76. The van der Waals surface area contributed by atoms with Crippen LogP contribution in [-0.2, 0) is 17.4 Å². The number of fused-ring (bicyclic) bond motifs is 1. The van der Waals surface area contributed by atoms with Gasteiger partial charge in [-0.3, -0.25) is 9.59 Å². The number of allylic oxidation sites excluding steroid dienone is 1. The van der Waals surface area contributed by atoms with Crippen LogP contribution in [0.15, 0.2) is 66.7 Å². The van der Waals surface area contributed by atoms with Gasteiger partial charge in [0.2, 0.25) is 0 Å². The lowest BCUT2D eigenvalue weighted by Gasteiger charge is -2.29. The first-order valence-corrected chi connectivity index (χ1v) is 12.3. The standard InChI is InChI=1S/C31H27F3O6/c1-30(2)15-14-23-25(37-3)13-10-22(29(23)40-30)24(35)11-8-19-9-12-26(38-4)27(17-19)39-28(36)18-20-6-5-7-21(16-20)31(32,33)34/h5-17H,18H2,1-4H3/b11-8+. The zero-order valence-electron chi connectivity index (χ0n) is 22.3. The van der Waals surface area contributed by atoms with Crippen LogP contribution in [0, 0.1) is 0 Å². The quantitative estimate of drug-likeness (QED) is 0.130. The van der Waals surface area contributed by atoms with Crippen LogP contribution in [0.3, 0.4) is 0 Å². The lowest BCUT2D eigenvalue weighted by molar-refractivity contribution is -0.138. The van der Waals surface area contributed by atoms with E-state index in [9.17, 15) is 22.8 Å². The average Bonchev–Trinajstić information content (AvgIpc) is 2.90. The lowest BCUT2D eigenvalue weighted by atomic mass is 9.97. The van der Waals surface area contributed by atoms with Gasteiger partial charge in [0, 0.05) is 0 Å². The summed E-state index contributed by atoms with van der Waals surface area (Å²) < 4.78 is 61.2. The maximum Gasteiger partial charge on any atom is 0.416 e. The summed E-state index contributed by atoms with van der Waals surface area (Å²) in [6, 6.07) is 12.5. The van der Waals surface area contributed by atoms with Crippen LogP contribution in [0.25, 0.3) is 12.2 Å². The molecule has 0 aromatic heterocycles. The first-order valence-electron chi connectivity index (χ1n) is 12.3. The maximum absolute atomic E-state index is 13.2. The molecule has 1 aliphatic rings. The van der Waals surface area contributed by atoms with Gasteiger partial charge in [-0.05, 0) is 73.5 Å². The molecule has 3 aromatic carbocycles. The molecule has 1 aliphatic heterocycles. The Hall–Kier alpha value is -4.53. The van der Waals surface area contributed by atoms with Crippen LogP contribution in [0.5, 0.6) is 23.0 Å². The summed E-state index contributed by atoms with van der Waals surface area (Å²) in [5.41, 5.74) is 0.241. The number of rotatable bonds is 8. The molecule has 40 heavy (non-hydrogen) atoms. The maximum atomic E-state index is 13.2. The third-order valence-electron chi connectivity index (χ3n) is 6.10. The van der Waals surface area contributed by atoms with Gasteiger partial charge in [0.05, 0.1) is 37.3 Å². The molecule has 0 unspecified atom stereocenters. The van der Waals surface area contributed by atoms with Crippen LogP contribution in [0.1, 0.15) is 46.5 Å². The fraction of sp³-hybridized carbons (Fsp3) is 0.226. The van der Waals surface area contributed by atoms with Gasteiger partial charge in [0.25, 0.3) is 0 Å². The van der Waals surface area contributed by atoms with Gasteiger partial charge in [0.15, 0.2) is 17.3 Å². The summed E-state index contributed by atoms with van der Waals surface area (Å²) >= 11 is 0. The molecule has 0 amide bonds. The number of carbonyl (C=O) groups is 2. The molecule has 0 aliphatic carbocycles. The highest BCUT2D eigenvalue weighted by atomic mass is 19.4. The molecule has 0 N–H and O–H groups in total. The van der Waals surface area contributed by atoms with Crippen LogP contribution in [-0.4, -0.2) is 31.6 Å². The Morgan fingerprint density at radius 2 is 1.68 bits per heavy atom. The Bertz CT molecular complexity index is 1500. The van der Waals surface area contributed by atoms with Gasteiger partial charge in [-0.1, -0.05) is 30.3 Å². The number of ether oxygens (including phenoxy) is 4. The zero-order valence-corrected chi connectivity index (χ0v) is 22.3. The van der Waals surface area contributed by atoms with Crippen LogP contribution in [0.2, 0.25) is 0 Å². The second-order valence-corrected chi connectivity index (χ2v) is 9.55. The minimum atomic E-state index is -4.52. The highest BCUT2D eigenvalue weighted by molar-refractivity contribution is 6.09. The average molecular weight is 553 g/mol. The molecule has 208 valence electrons. The molecule has 0 radical (unpaired) electrons. The highest BCUT2D eigenvalue weighted by Crippen LogP contribution is 2.40.